The first-order valence-corrected chi connectivity index (χ1v) is 17.4. The van der Waals surface area contributed by atoms with Crippen molar-refractivity contribution in [2.45, 2.75) is 90.8 Å². The first kappa shape index (κ1) is 38.6. The Balaban J connectivity index is 1.87. The lowest BCUT2D eigenvalue weighted by molar-refractivity contribution is -0.143. The molecule has 0 fully saturated rings. The standard InChI is InChI=1S/C37H52ClN5O5/c1-6-8-18-43(19-9-7-2)24-34(44)42(5)33(20-25(3)4)36(46)40-31(22-27-23-39-30-13-11-10-12-29(27)30)35(45)41-32(37(47)48)21-26-14-16-28(38)17-15-26/h10-17,23,25,31-33,39H,6-9,18-22,24H2,1-5H3,(H,40,46)(H,41,45)(H,47,48)/t31-,32+,33?/m1/s1. The predicted molar refractivity (Wildman–Crippen MR) is 191 cm³/mol. The molecule has 0 aliphatic carbocycles. The molecule has 0 spiro atoms. The summed E-state index contributed by atoms with van der Waals surface area (Å²) in [5, 5.41) is 17.0. The molecule has 3 aromatic rings. The fourth-order valence-electron chi connectivity index (χ4n) is 5.72. The van der Waals surface area contributed by atoms with E-state index in [9.17, 15) is 24.3 Å². The number of amides is 3. The zero-order chi connectivity index (χ0) is 35.2. The molecular weight excluding hydrogens is 630 g/mol. The fourth-order valence-corrected chi connectivity index (χ4v) is 5.85. The molecule has 1 aromatic heterocycles. The van der Waals surface area contributed by atoms with E-state index in [0.717, 1.165) is 55.2 Å². The molecule has 10 nitrogen and oxygen atoms in total. The fraction of sp³-hybridized carbons (Fsp3) is 0.514. The minimum absolute atomic E-state index is 0.0335. The number of benzene rings is 2. The lowest BCUT2D eigenvalue weighted by Crippen LogP contribution is -2.57. The zero-order valence-electron chi connectivity index (χ0n) is 28.9. The predicted octanol–water partition coefficient (Wildman–Crippen LogP) is 5.44. The third-order valence-electron chi connectivity index (χ3n) is 8.57. The molecule has 3 atom stereocenters. The lowest BCUT2D eigenvalue weighted by atomic mass is 9.99. The number of aromatic amines is 1. The molecular formula is C37H52ClN5O5. The topological polar surface area (TPSA) is 135 Å². The third-order valence-corrected chi connectivity index (χ3v) is 8.82. The van der Waals surface area contributed by atoms with Gasteiger partial charge < -0.3 is 25.6 Å². The number of unbranched alkanes of at least 4 members (excludes halogenated alkanes) is 2. The van der Waals surface area contributed by atoms with Gasteiger partial charge >= 0.3 is 5.97 Å². The second-order valence-electron chi connectivity index (χ2n) is 13.0. The Bertz CT molecular complexity index is 1480. The van der Waals surface area contributed by atoms with Gasteiger partial charge in [0.25, 0.3) is 0 Å². The molecule has 0 saturated heterocycles. The summed E-state index contributed by atoms with van der Waals surface area (Å²) in [7, 11) is 1.65. The maximum Gasteiger partial charge on any atom is 0.326 e. The highest BCUT2D eigenvalue weighted by Crippen LogP contribution is 2.20. The van der Waals surface area contributed by atoms with Crippen molar-refractivity contribution < 1.29 is 24.3 Å². The van der Waals surface area contributed by atoms with E-state index in [1.807, 2.05) is 38.1 Å². The van der Waals surface area contributed by atoms with Gasteiger partial charge in [-0.2, -0.15) is 0 Å². The first-order chi connectivity index (χ1) is 22.9. The Morgan fingerprint density at radius 2 is 1.50 bits per heavy atom. The molecule has 2 aromatic carbocycles. The number of hydrogen-bond acceptors (Lipinski definition) is 5. The summed E-state index contributed by atoms with van der Waals surface area (Å²) in [6.45, 7) is 10.0. The van der Waals surface area contributed by atoms with E-state index in [4.69, 9.17) is 11.6 Å². The van der Waals surface area contributed by atoms with Gasteiger partial charge in [-0.05, 0) is 67.6 Å². The Morgan fingerprint density at radius 3 is 2.10 bits per heavy atom. The molecule has 48 heavy (non-hydrogen) atoms. The Morgan fingerprint density at radius 1 is 0.875 bits per heavy atom. The van der Waals surface area contributed by atoms with Gasteiger partial charge in [0, 0.05) is 42.0 Å². The maximum absolute atomic E-state index is 14.1. The van der Waals surface area contributed by atoms with Crippen LogP contribution in [-0.4, -0.2) is 88.4 Å². The second kappa shape index (κ2) is 19.2. The highest BCUT2D eigenvalue weighted by Gasteiger charge is 2.33. The smallest absolute Gasteiger partial charge is 0.326 e. The first-order valence-electron chi connectivity index (χ1n) is 17.0. The molecule has 0 aliphatic heterocycles. The highest BCUT2D eigenvalue weighted by molar-refractivity contribution is 6.30. The molecule has 1 heterocycles. The number of likely N-dealkylation sites (N-methyl/N-ethyl adjacent to an activating group) is 1. The number of nitrogens with one attached hydrogen (secondary N) is 3. The highest BCUT2D eigenvalue weighted by atomic mass is 35.5. The van der Waals surface area contributed by atoms with E-state index in [1.165, 1.54) is 4.90 Å². The van der Waals surface area contributed by atoms with Crippen molar-refractivity contribution in [3.05, 3.63) is 70.9 Å². The number of H-pyrrole nitrogens is 1. The molecule has 0 bridgehead atoms. The van der Waals surface area contributed by atoms with Crippen molar-refractivity contribution in [1.82, 2.24) is 25.4 Å². The molecule has 3 amide bonds. The summed E-state index contributed by atoms with van der Waals surface area (Å²) in [6, 6.07) is 11.2. The number of carbonyl (C=O) groups excluding carboxylic acids is 3. The average molecular weight is 682 g/mol. The van der Waals surface area contributed by atoms with Crippen LogP contribution in [0.5, 0.6) is 0 Å². The molecule has 0 aliphatic rings. The molecule has 3 rings (SSSR count). The van der Waals surface area contributed by atoms with Gasteiger partial charge in [0.15, 0.2) is 0 Å². The summed E-state index contributed by atoms with van der Waals surface area (Å²) in [4.78, 5) is 60.7. The van der Waals surface area contributed by atoms with Crippen molar-refractivity contribution in [1.29, 1.82) is 0 Å². The number of halogens is 1. The van der Waals surface area contributed by atoms with Gasteiger partial charge in [0.05, 0.1) is 6.54 Å². The number of rotatable bonds is 20. The lowest BCUT2D eigenvalue weighted by Gasteiger charge is -2.32. The number of carbonyl (C=O) groups is 4. The Kier molecular flexibility index (Phi) is 15.4. The number of nitrogens with zero attached hydrogens (tertiary/aromatic N) is 2. The molecule has 4 N–H and O–H groups in total. The summed E-state index contributed by atoms with van der Waals surface area (Å²) in [5.74, 6) is -2.36. The minimum Gasteiger partial charge on any atom is -0.480 e. The van der Waals surface area contributed by atoms with Crippen LogP contribution in [0.2, 0.25) is 5.02 Å². The van der Waals surface area contributed by atoms with E-state index in [-0.39, 0.29) is 31.2 Å². The summed E-state index contributed by atoms with van der Waals surface area (Å²) in [6.07, 6.45) is 6.35. The molecule has 11 heteroatoms. The van der Waals surface area contributed by atoms with E-state index in [2.05, 4.69) is 34.4 Å². The summed E-state index contributed by atoms with van der Waals surface area (Å²) in [5.41, 5.74) is 2.36. The van der Waals surface area contributed by atoms with Gasteiger partial charge in [0.1, 0.15) is 18.1 Å². The van der Waals surface area contributed by atoms with Gasteiger partial charge in [-0.15, -0.1) is 0 Å². The Labute approximate surface area is 289 Å². The number of aliphatic carboxylic acids is 1. The van der Waals surface area contributed by atoms with Crippen LogP contribution in [0.1, 0.15) is 70.9 Å². The maximum atomic E-state index is 14.1. The number of aromatic nitrogens is 1. The van der Waals surface area contributed by atoms with Crippen LogP contribution in [0.3, 0.4) is 0 Å². The van der Waals surface area contributed by atoms with Crippen LogP contribution >= 0.6 is 11.6 Å². The normalized spacial score (nSPS) is 13.3. The van der Waals surface area contributed by atoms with Crippen LogP contribution in [-0.2, 0) is 32.0 Å². The van der Waals surface area contributed by atoms with Crippen molar-refractivity contribution >= 4 is 46.2 Å². The molecule has 0 saturated carbocycles. The number of carboxylic acid groups (broad SMARTS) is 1. The number of fused-ring (bicyclic) bond motifs is 1. The monoisotopic (exact) mass is 681 g/mol. The van der Waals surface area contributed by atoms with Gasteiger partial charge in [-0.1, -0.05) is 82.5 Å². The second-order valence-corrected chi connectivity index (χ2v) is 13.4. The van der Waals surface area contributed by atoms with Crippen LogP contribution in [0, 0.1) is 5.92 Å². The number of hydrogen-bond donors (Lipinski definition) is 4. The molecule has 1 unspecified atom stereocenters. The Hall–Kier alpha value is -3.89. The van der Waals surface area contributed by atoms with Gasteiger partial charge in [-0.25, -0.2) is 4.79 Å². The average Bonchev–Trinajstić information content (AvgIpc) is 3.47. The van der Waals surface area contributed by atoms with E-state index in [1.54, 1.807) is 37.5 Å². The van der Waals surface area contributed by atoms with E-state index >= 15 is 0 Å². The molecule has 0 radical (unpaired) electrons. The zero-order valence-corrected chi connectivity index (χ0v) is 29.7. The minimum atomic E-state index is -1.24. The van der Waals surface area contributed by atoms with Crippen molar-refractivity contribution in [2.75, 3.05) is 26.7 Å². The van der Waals surface area contributed by atoms with Gasteiger partial charge in [-0.3, -0.25) is 19.3 Å². The van der Waals surface area contributed by atoms with E-state index < -0.39 is 35.9 Å². The number of carboxylic acids is 1. The van der Waals surface area contributed by atoms with Crippen LogP contribution in [0.25, 0.3) is 10.9 Å². The quantitative estimate of drug-likeness (QED) is 0.126. The molecule has 262 valence electrons. The van der Waals surface area contributed by atoms with Gasteiger partial charge in [0.2, 0.25) is 17.7 Å². The van der Waals surface area contributed by atoms with Crippen molar-refractivity contribution in [3.63, 3.8) is 0 Å². The summed E-state index contributed by atoms with van der Waals surface area (Å²) >= 11 is 6.00. The number of para-hydroxylation sites is 1. The van der Waals surface area contributed by atoms with Crippen molar-refractivity contribution in [3.8, 4) is 0 Å². The van der Waals surface area contributed by atoms with Crippen LogP contribution in [0.4, 0.5) is 0 Å². The van der Waals surface area contributed by atoms with Crippen LogP contribution < -0.4 is 10.6 Å². The van der Waals surface area contributed by atoms with Crippen molar-refractivity contribution in [2.24, 2.45) is 5.92 Å². The SMILES string of the molecule is CCCCN(CCCC)CC(=O)N(C)C(CC(C)C)C(=O)N[C@H](Cc1c[nH]c2ccccc12)C(=O)N[C@@H](Cc1ccc(Cl)cc1)C(=O)O. The summed E-state index contributed by atoms with van der Waals surface area (Å²) < 4.78 is 0. The van der Waals surface area contributed by atoms with E-state index in [0.29, 0.717) is 17.0 Å². The van der Waals surface area contributed by atoms with Crippen LogP contribution in [0.15, 0.2) is 54.7 Å². The third kappa shape index (κ3) is 11.7. The largest absolute Gasteiger partial charge is 0.480 e.